The van der Waals surface area contributed by atoms with Gasteiger partial charge in [0.2, 0.25) is 0 Å². The summed E-state index contributed by atoms with van der Waals surface area (Å²) < 4.78 is 2.39. The van der Waals surface area contributed by atoms with Crippen molar-refractivity contribution in [3.05, 3.63) is 74.7 Å². The Balaban J connectivity index is 1.99. The van der Waals surface area contributed by atoms with Crippen LogP contribution < -0.4 is 4.36 Å². The second-order valence-electron chi connectivity index (χ2n) is 4.65. The molecule has 0 spiro atoms. The van der Waals surface area contributed by atoms with Gasteiger partial charge in [-0.3, -0.25) is 0 Å². The van der Waals surface area contributed by atoms with Gasteiger partial charge in [0.1, 0.15) is 0 Å². The molecule has 1 N–H and O–H groups in total. The number of carbonyl (C=O) groups is 1. The average molecular weight is 342 g/mol. The first-order valence-electron chi connectivity index (χ1n) is 6.47. The van der Waals surface area contributed by atoms with Gasteiger partial charge in [0.25, 0.3) is 0 Å². The van der Waals surface area contributed by atoms with Crippen LogP contribution in [0.3, 0.4) is 0 Å². The number of aryl methyl sites for hydroxylation is 1. The Morgan fingerprint density at radius 1 is 1.10 bits per heavy atom. The van der Waals surface area contributed by atoms with Gasteiger partial charge in [-0.25, -0.2) is 0 Å². The van der Waals surface area contributed by atoms with Gasteiger partial charge in [-0.05, 0) is 0 Å². The molecule has 3 rings (SSSR count). The quantitative estimate of drug-likeness (QED) is 0.584. The van der Waals surface area contributed by atoms with Crippen molar-refractivity contribution in [2.24, 2.45) is 0 Å². The van der Waals surface area contributed by atoms with Gasteiger partial charge in [0.15, 0.2) is 0 Å². The van der Waals surface area contributed by atoms with E-state index < -0.39 is 0 Å². The van der Waals surface area contributed by atoms with Gasteiger partial charge in [-0.15, -0.1) is 0 Å². The molecule has 0 radical (unpaired) electrons. The fourth-order valence-corrected chi connectivity index (χ4v) is 3.53. The van der Waals surface area contributed by atoms with Crippen LogP contribution in [0.4, 0.5) is 0 Å². The van der Waals surface area contributed by atoms with E-state index >= 15 is 0 Å². The first-order chi connectivity index (χ1) is 10.1. The van der Waals surface area contributed by atoms with Crippen LogP contribution in [-0.4, -0.2) is 30.1 Å². The molecule has 0 saturated heterocycles. The molecule has 4 nitrogen and oxygen atoms in total. The summed E-state index contributed by atoms with van der Waals surface area (Å²) in [7, 11) is 0. The Labute approximate surface area is 127 Å². The number of hydrogen-bond donors (Lipinski definition) is 1. The summed E-state index contributed by atoms with van der Waals surface area (Å²) in [6.07, 6.45) is 0. The zero-order valence-electron chi connectivity index (χ0n) is 11.4. The van der Waals surface area contributed by atoms with Crippen molar-refractivity contribution < 1.29 is 4.79 Å². The molecule has 0 aliphatic heterocycles. The molecule has 0 saturated carbocycles. The van der Waals surface area contributed by atoms with Gasteiger partial charge < -0.3 is 0 Å². The predicted octanol–water partition coefficient (Wildman–Crippen LogP) is 1.95. The van der Waals surface area contributed by atoms with Crippen LogP contribution in [0.5, 0.6) is 0 Å². The molecule has 1 aromatic heterocycles. The van der Waals surface area contributed by atoms with Crippen LogP contribution in [0.1, 0.15) is 20.5 Å². The molecule has 1 heterocycles. The summed E-state index contributed by atoms with van der Waals surface area (Å²) in [6, 6.07) is 16.9. The number of hydrogen-bond acceptors (Lipinski definition) is 3. The molecule has 0 amide bonds. The van der Waals surface area contributed by atoms with Crippen LogP contribution in [0, 0.1) is 12.3 Å². The maximum absolute atomic E-state index is 12.4. The van der Waals surface area contributed by atoms with E-state index in [1.165, 1.54) is 0 Å². The monoisotopic (exact) mass is 343 g/mol. The fraction of sp³-hybridized carbons (Fsp3) is 0.0625. The van der Waals surface area contributed by atoms with Crippen molar-refractivity contribution in [2.45, 2.75) is 6.92 Å². The molecule has 0 atom stereocenters. The Morgan fingerprint density at radius 3 is 2.43 bits per heavy atom. The molecule has 0 fully saturated rings. The van der Waals surface area contributed by atoms with E-state index in [0.717, 1.165) is 11.3 Å². The van der Waals surface area contributed by atoms with E-state index in [-0.39, 0.29) is 20.3 Å². The van der Waals surface area contributed by atoms with Crippen molar-refractivity contribution in [3.8, 4) is 5.69 Å². The van der Waals surface area contributed by atoms with Crippen LogP contribution in [0.15, 0.2) is 54.6 Å². The van der Waals surface area contributed by atoms with E-state index in [9.17, 15) is 4.79 Å². The molecule has 0 aliphatic carbocycles. The first kappa shape index (κ1) is 13.7. The third kappa shape index (κ3) is 2.79. The number of aromatic nitrogens is 2. The second kappa shape index (κ2) is 5.64. The topological polar surface area (TPSA) is 58.7 Å². The first-order valence-corrected chi connectivity index (χ1v) is 8.18. The van der Waals surface area contributed by atoms with E-state index in [0.29, 0.717) is 14.5 Å². The van der Waals surface area contributed by atoms with E-state index in [2.05, 4.69) is 5.10 Å². The number of ketones is 1. The zero-order chi connectivity index (χ0) is 14.8. The van der Waals surface area contributed by atoms with Crippen LogP contribution >= 0.6 is 0 Å². The van der Waals surface area contributed by atoms with E-state index in [1.807, 2.05) is 61.5 Å². The molecular formula is C16H13N3OSe. The Morgan fingerprint density at radius 2 is 1.76 bits per heavy atom. The van der Waals surface area contributed by atoms with E-state index in [4.69, 9.17) is 5.41 Å². The predicted molar refractivity (Wildman–Crippen MR) is 81.0 cm³/mol. The summed E-state index contributed by atoms with van der Waals surface area (Å²) in [6.45, 7) is 1.98. The van der Waals surface area contributed by atoms with Crippen molar-refractivity contribution in [1.29, 1.82) is 5.41 Å². The van der Waals surface area contributed by atoms with Crippen LogP contribution in [-0.2, 0) is 0 Å². The van der Waals surface area contributed by atoms with Gasteiger partial charge in [-0.2, -0.15) is 0 Å². The molecular weight excluding hydrogens is 329 g/mol. The van der Waals surface area contributed by atoms with E-state index in [1.54, 1.807) is 4.68 Å². The maximum atomic E-state index is 12.4. The summed E-state index contributed by atoms with van der Waals surface area (Å²) >= 11 is -0.349. The zero-order valence-corrected chi connectivity index (χ0v) is 13.1. The molecule has 104 valence electrons. The van der Waals surface area contributed by atoms with Crippen molar-refractivity contribution in [3.63, 3.8) is 0 Å². The minimum absolute atomic E-state index is 0.0850. The van der Waals surface area contributed by atoms with Crippen molar-refractivity contribution in [1.82, 2.24) is 9.78 Å². The van der Waals surface area contributed by atoms with Crippen molar-refractivity contribution >= 4 is 20.3 Å². The van der Waals surface area contributed by atoms with Crippen LogP contribution in [0.25, 0.3) is 5.69 Å². The van der Waals surface area contributed by atoms with Gasteiger partial charge in [0, 0.05) is 0 Å². The Kier molecular flexibility index (Phi) is 3.69. The SMILES string of the molecule is Cc1ccc(C(=O)c2nn(-c3ccccc3)c(=N)[se]2)cc1. The number of carbonyl (C=O) groups excluding carboxylic acids is 1. The molecule has 21 heavy (non-hydrogen) atoms. The van der Waals surface area contributed by atoms with Gasteiger partial charge in [-0.1, -0.05) is 0 Å². The number of nitrogens with zero attached hydrogens (tertiary/aromatic N) is 2. The fourth-order valence-electron chi connectivity index (χ4n) is 1.96. The molecule has 3 aromatic rings. The average Bonchev–Trinajstić information content (AvgIpc) is 2.90. The molecule has 0 unspecified atom stereocenters. The van der Waals surface area contributed by atoms with Gasteiger partial charge in [0.05, 0.1) is 0 Å². The summed E-state index contributed by atoms with van der Waals surface area (Å²) in [5.41, 5.74) is 2.56. The normalized spacial score (nSPS) is 10.5. The number of para-hydroxylation sites is 1. The van der Waals surface area contributed by atoms with Crippen molar-refractivity contribution in [2.75, 3.05) is 0 Å². The number of benzene rings is 2. The molecule has 5 heteroatoms. The second-order valence-corrected chi connectivity index (χ2v) is 6.71. The molecule has 2 aromatic carbocycles. The summed E-state index contributed by atoms with van der Waals surface area (Å²) in [5, 5.41) is 12.4. The number of nitrogens with one attached hydrogen (secondary N) is 1. The van der Waals surface area contributed by atoms with Crippen LogP contribution in [0.2, 0.25) is 0 Å². The molecule has 0 bridgehead atoms. The van der Waals surface area contributed by atoms with Gasteiger partial charge >= 0.3 is 128 Å². The Hall–Kier alpha value is -2.23. The third-order valence-corrected chi connectivity index (χ3v) is 4.82. The Bertz CT molecular complexity index is 832. The molecule has 0 aliphatic rings. The summed E-state index contributed by atoms with van der Waals surface area (Å²) in [4.78, 5) is 12.4. The standard InChI is InChI=1S/C16H13N3OSe/c1-11-7-9-12(10-8-11)14(20)15-18-19(16(17)21-15)13-5-3-2-4-6-13/h2-10,17H,1H3. The summed E-state index contributed by atoms with van der Waals surface area (Å²) in [5.74, 6) is -0.0850. The number of rotatable bonds is 3. The minimum atomic E-state index is -0.349. The third-order valence-electron chi connectivity index (χ3n) is 3.09.